The Bertz CT molecular complexity index is 567. The molecule has 0 unspecified atom stereocenters. The van der Waals surface area contributed by atoms with E-state index in [-0.39, 0.29) is 17.7 Å². The fourth-order valence-corrected chi connectivity index (χ4v) is 3.61. The number of carboxylic acid groups (broad SMARTS) is 1. The van der Waals surface area contributed by atoms with Crippen LogP contribution in [0.2, 0.25) is 0 Å². The topological polar surface area (TPSA) is 66.4 Å². The maximum Gasteiger partial charge on any atom is 0.307 e. The lowest BCUT2D eigenvalue weighted by atomic mass is 9.82. The zero-order chi connectivity index (χ0) is 14.8. The van der Waals surface area contributed by atoms with E-state index in [1.807, 2.05) is 42.5 Å². The Morgan fingerprint density at radius 3 is 2.43 bits per heavy atom. The zero-order valence-electron chi connectivity index (χ0n) is 11.7. The third kappa shape index (κ3) is 2.71. The second-order valence-corrected chi connectivity index (χ2v) is 5.86. The van der Waals surface area contributed by atoms with Crippen molar-refractivity contribution in [3.8, 4) is 0 Å². The molecule has 0 aliphatic heterocycles. The van der Waals surface area contributed by atoms with Crippen LogP contribution in [0.25, 0.3) is 0 Å². The first kappa shape index (κ1) is 13.9. The van der Waals surface area contributed by atoms with Crippen LogP contribution < -0.4 is 5.32 Å². The number of rotatable bonds is 5. The molecule has 0 saturated heterocycles. The van der Waals surface area contributed by atoms with Gasteiger partial charge in [-0.1, -0.05) is 42.5 Å². The van der Waals surface area contributed by atoms with Gasteiger partial charge in [0.25, 0.3) is 0 Å². The minimum absolute atomic E-state index is 0.0253. The summed E-state index contributed by atoms with van der Waals surface area (Å²) in [7, 11) is 0. The first-order valence-corrected chi connectivity index (χ1v) is 7.39. The summed E-state index contributed by atoms with van der Waals surface area (Å²) in [4.78, 5) is 23.7. The summed E-state index contributed by atoms with van der Waals surface area (Å²) in [5, 5.41) is 12.3. The van der Waals surface area contributed by atoms with Crippen LogP contribution in [0.5, 0.6) is 0 Å². The normalized spacial score (nSPS) is 29.5. The highest BCUT2D eigenvalue weighted by Gasteiger charge is 2.51. The Balaban J connectivity index is 1.58. The molecule has 0 aromatic heterocycles. The van der Waals surface area contributed by atoms with Crippen molar-refractivity contribution in [2.45, 2.75) is 12.8 Å². The number of carbonyl (C=O) groups excluding carboxylic acids is 1. The van der Waals surface area contributed by atoms with Crippen molar-refractivity contribution in [3.63, 3.8) is 0 Å². The maximum absolute atomic E-state index is 12.3. The molecule has 1 aromatic rings. The van der Waals surface area contributed by atoms with Gasteiger partial charge in [-0.3, -0.25) is 9.59 Å². The number of hydrogen-bond donors (Lipinski definition) is 2. The SMILES string of the molecule is O=C(O)[C@@H]1[C@H](C(=O)NCCc2ccccc2)[C@H]2C=C[C@@H]1C2. The van der Waals surface area contributed by atoms with Crippen LogP contribution in [-0.2, 0) is 16.0 Å². The number of amides is 1. The van der Waals surface area contributed by atoms with Gasteiger partial charge in [-0.2, -0.15) is 0 Å². The number of carbonyl (C=O) groups is 2. The highest BCUT2D eigenvalue weighted by Crippen LogP contribution is 2.48. The number of benzene rings is 1. The lowest BCUT2D eigenvalue weighted by Crippen LogP contribution is -2.40. The molecule has 2 bridgehead atoms. The Morgan fingerprint density at radius 2 is 1.76 bits per heavy atom. The predicted octanol–water partition coefficient (Wildman–Crippen LogP) is 1.87. The van der Waals surface area contributed by atoms with Gasteiger partial charge in [0.15, 0.2) is 0 Å². The third-order valence-electron chi connectivity index (χ3n) is 4.60. The summed E-state index contributed by atoms with van der Waals surface area (Å²) in [5.41, 5.74) is 1.17. The third-order valence-corrected chi connectivity index (χ3v) is 4.60. The number of hydrogen-bond acceptors (Lipinski definition) is 2. The molecule has 0 spiro atoms. The minimum atomic E-state index is -0.852. The molecule has 1 aromatic carbocycles. The first-order chi connectivity index (χ1) is 10.2. The van der Waals surface area contributed by atoms with Gasteiger partial charge >= 0.3 is 5.97 Å². The highest BCUT2D eigenvalue weighted by atomic mass is 16.4. The van der Waals surface area contributed by atoms with Gasteiger partial charge in [-0.25, -0.2) is 0 Å². The summed E-state index contributed by atoms with van der Waals surface area (Å²) in [6.07, 6.45) is 5.53. The van der Waals surface area contributed by atoms with E-state index in [4.69, 9.17) is 0 Å². The molecule has 2 N–H and O–H groups in total. The molecule has 1 saturated carbocycles. The van der Waals surface area contributed by atoms with E-state index in [2.05, 4.69) is 5.32 Å². The van der Waals surface area contributed by atoms with Crippen molar-refractivity contribution in [2.75, 3.05) is 6.54 Å². The molecule has 4 atom stereocenters. The molecule has 21 heavy (non-hydrogen) atoms. The zero-order valence-corrected chi connectivity index (χ0v) is 11.7. The second-order valence-electron chi connectivity index (χ2n) is 5.86. The van der Waals surface area contributed by atoms with Gasteiger partial charge in [0, 0.05) is 6.54 Å². The van der Waals surface area contributed by atoms with E-state index in [0.29, 0.717) is 6.54 Å². The highest BCUT2D eigenvalue weighted by molar-refractivity contribution is 5.86. The van der Waals surface area contributed by atoms with E-state index >= 15 is 0 Å². The summed E-state index contributed by atoms with van der Waals surface area (Å²) >= 11 is 0. The molecular formula is C17H19NO3. The van der Waals surface area contributed by atoms with Crippen LogP contribution in [0, 0.1) is 23.7 Å². The van der Waals surface area contributed by atoms with Gasteiger partial charge < -0.3 is 10.4 Å². The van der Waals surface area contributed by atoms with E-state index < -0.39 is 17.8 Å². The summed E-state index contributed by atoms with van der Waals surface area (Å²) in [5.74, 6) is -1.82. The molecule has 3 rings (SSSR count). The average Bonchev–Trinajstić information content (AvgIpc) is 3.08. The number of carboxylic acids is 1. The van der Waals surface area contributed by atoms with Crippen LogP contribution in [0.3, 0.4) is 0 Å². The monoisotopic (exact) mass is 285 g/mol. The fraction of sp³-hybridized carbons (Fsp3) is 0.412. The summed E-state index contributed by atoms with van der Waals surface area (Å²) in [6.45, 7) is 0.548. The lowest BCUT2D eigenvalue weighted by molar-refractivity contribution is -0.147. The van der Waals surface area contributed by atoms with E-state index in [1.54, 1.807) is 0 Å². The maximum atomic E-state index is 12.3. The number of nitrogens with one attached hydrogen (secondary N) is 1. The van der Waals surface area contributed by atoms with Gasteiger partial charge in [0.2, 0.25) is 5.91 Å². The van der Waals surface area contributed by atoms with E-state index in [0.717, 1.165) is 12.8 Å². The first-order valence-electron chi connectivity index (χ1n) is 7.39. The number of fused-ring (bicyclic) bond motifs is 2. The molecule has 4 nitrogen and oxygen atoms in total. The van der Waals surface area contributed by atoms with Crippen molar-refractivity contribution < 1.29 is 14.7 Å². The molecule has 4 heteroatoms. The molecule has 0 radical (unpaired) electrons. The van der Waals surface area contributed by atoms with Crippen molar-refractivity contribution in [1.82, 2.24) is 5.32 Å². The van der Waals surface area contributed by atoms with Crippen LogP contribution >= 0.6 is 0 Å². The molecule has 0 heterocycles. The largest absolute Gasteiger partial charge is 0.481 e. The number of aliphatic carboxylic acids is 1. The van der Waals surface area contributed by atoms with E-state index in [9.17, 15) is 14.7 Å². The lowest BCUT2D eigenvalue weighted by Gasteiger charge is -2.23. The standard InChI is InChI=1S/C17H19NO3/c19-16(18-9-8-11-4-2-1-3-5-11)14-12-6-7-13(10-12)15(14)17(20)21/h1-7,12-15H,8-10H2,(H,18,19)(H,20,21)/t12-,13+,14+,15-/m0/s1. The minimum Gasteiger partial charge on any atom is -0.481 e. The quantitative estimate of drug-likeness (QED) is 0.812. The van der Waals surface area contributed by atoms with Crippen LogP contribution in [0.4, 0.5) is 0 Å². The molecule has 110 valence electrons. The Kier molecular flexibility index (Phi) is 3.78. The molecular weight excluding hydrogens is 266 g/mol. The molecule has 1 amide bonds. The Hall–Kier alpha value is -2.10. The Labute approximate surface area is 123 Å². The Morgan fingerprint density at radius 1 is 1.10 bits per heavy atom. The van der Waals surface area contributed by atoms with Crippen molar-refractivity contribution in [3.05, 3.63) is 48.0 Å². The predicted molar refractivity (Wildman–Crippen MR) is 78.5 cm³/mol. The van der Waals surface area contributed by atoms with Crippen molar-refractivity contribution in [1.29, 1.82) is 0 Å². The summed E-state index contributed by atoms with van der Waals surface area (Å²) in [6, 6.07) is 9.94. The van der Waals surface area contributed by atoms with Gasteiger partial charge in [-0.15, -0.1) is 0 Å². The van der Waals surface area contributed by atoms with Crippen LogP contribution in [-0.4, -0.2) is 23.5 Å². The van der Waals surface area contributed by atoms with Crippen molar-refractivity contribution in [2.24, 2.45) is 23.7 Å². The van der Waals surface area contributed by atoms with Gasteiger partial charge in [-0.05, 0) is 30.2 Å². The smallest absolute Gasteiger partial charge is 0.307 e. The van der Waals surface area contributed by atoms with Crippen LogP contribution in [0.1, 0.15) is 12.0 Å². The average molecular weight is 285 g/mol. The summed E-state index contributed by atoms with van der Waals surface area (Å²) < 4.78 is 0. The number of allylic oxidation sites excluding steroid dienone is 2. The van der Waals surface area contributed by atoms with Crippen molar-refractivity contribution >= 4 is 11.9 Å². The van der Waals surface area contributed by atoms with Gasteiger partial charge in [0.1, 0.15) is 0 Å². The van der Waals surface area contributed by atoms with E-state index in [1.165, 1.54) is 5.56 Å². The fourth-order valence-electron chi connectivity index (χ4n) is 3.61. The molecule has 2 aliphatic carbocycles. The second kappa shape index (κ2) is 5.72. The molecule has 2 aliphatic rings. The molecule has 1 fully saturated rings. The van der Waals surface area contributed by atoms with Crippen LogP contribution in [0.15, 0.2) is 42.5 Å². The van der Waals surface area contributed by atoms with Gasteiger partial charge in [0.05, 0.1) is 11.8 Å².